The van der Waals surface area contributed by atoms with Crippen LogP contribution in [0.25, 0.3) is 6.08 Å². The molecule has 1 aromatic carbocycles. The van der Waals surface area contributed by atoms with Crippen LogP contribution in [0.3, 0.4) is 0 Å². The van der Waals surface area contributed by atoms with E-state index in [4.69, 9.17) is 4.74 Å². The summed E-state index contributed by atoms with van der Waals surface area (Å²) in [7, 11) is 1.76. The summed E-state index contributed by atoms with van der Waals surface area (Å²) in [5.41, 5.74) is 1.92. The number of nitrogens with one attached hydrogen (secondary N) is 1. The first-order valence-corrected chi connectivity index (χ1v) is 7.71. The smallest absolute Gasteiger partial charge is 0.267 e. The standard InChI is InChI=1S/C18H18N4O2/c1-11-12(2)24-16-5-4-13(9-15(11)16)8-14(10-19)18(23)20-17-6-7-22(3)21-17/h4-9,11-12H,1-3H3,(H,20,21,23)/b14-8+. The molecule has 0 radical (unpaired) electrons. The van der Waals surface area contributed by atoms with Gasteiger partial charge >= 0.3 is 0 Å². The van der Waals surface area contributed by atoms with Gasteiger partial charge in [-0.25, -0.2) is 0 Å². The molecule has 6 heteroatoms. The fourth-order valence-corrected chi connectivity index (χ4v) is 2.66. The zero-order valence-corrected chi connectivity index (χ0v) is 13.8. The number of hydrogen-bond acceptors (Lipinski definition) is 4. The van der Waals surface area contributed by atoms with Gasteiger partial charge < -0.3 is 10.1 Å². The second-order valence-electron chi connectivity index (χ2n) is 5.91. The lowest BCUT2D eigenvalue weighted by atomic mass is 9.96. The Kier molecular flexibility index (Phi) is 4.09. The Hall–Kier alpha value is -3.07. The summed E-state index contributed by atoms with van der Waals surface area (Å²) in [6, 6.07) is 9.31. The van der Waals surface area contributed by atoms with Crippen LogP contribution >= 0.6 is 0 Å². The van der Waals surface area contributed by atoms with Gasteiger partial charge in [0.25, 0.3) is 5.91 Å². The normalized spacial score (nSPS) is 19.3. The molecule has 2 heterocycles. The third kappa shape index (κ3) is 3.01. The molecule has 1 aromatic heterocycles. The minimum Gasteiger partial charge on any atom is -0.490 e. The zero-order chi connectivity index (χ0) is 17.3. The first-order chi connectivity index (χ1) is 11.5. The molecule has 2 atom stereocenters. The van der Waals surface area contributed by atoms with Crippen molar-refractivity contribution in [3.05, 3.63) is 47.2 Å². The van der Waals surface area contributed by atoms with Gasteiger partial charge in [-0.2, -0.15) is 10.4 Å². The highest BCUT2D eigenvalue weighted by Crippen LogP contribution is 2.38. The van der Waals surface area contributed by atoms with Gasteiger partial charge in [0.2, 0.25) is 0 Å². The number of fused-ring (bicyclic) bond motifs is 1. The molecule has 1 aliphatic rings. The lowest BCUT2D eigenvalue weighted by Gasteiger charge is -2.07. The Labute approximate surface area is 140 Å². The molecule has 0 bridgehead atoms. The minimum atomic E-state index is -0.477. The van der Waals surface area contributed by atoms with Gasteiger partial charge in [-0.15, -0.1) is 0 Å². The van der Waals surface area contributed by atoms with Crippen molar-refractivity contribution in [1.29, 1.82) is 5.26 Å². The van der Waals surface area contributed by atoms with Gasteiger partial charge in [0.05, 0.1) is 0 Å². The summed E-state index contributed by atoms with van der Waals surface area (Å²) in [4.78, 5) is 12.2. The Balaban J connectivity index is 1.83. The first-order valence-electron chi connectivity index (χ1n) is 7.71. The second kappa shape index (κ2) is 6.20. The quantitative estimate of drug-likeness (QED) is 0.696. The molecule has 3 rings (SSSR count). The largest absolute Gasteiger partial charge is 0.490 e. The summed E-state index contributed by atoms with van der Waals surface area (Å²) < 4.78 is 7.34. The molecule has 2 aromatic rings. The molecule has 24 heavy (non-hydrogen) atoms. The van der Waals surface area contributed by atoms with Crippen molar-refractivity contribution in [3.63, 3.8) is 0 Å². The van der Waals surface area contributed by atoms with Crippen LogP contribution in [0.15, 0.2) is 36.0 Å². The highest BCUT2D eigenvalue weighted by Gasteiger charge is 2.27. The molecule has 0 spiro atoms. The third-order valence-electron chi connectivity index (χ3n) is 4.17. The summed E-state index contributed by atoms with van der Waals surface area (Å²) in [6.07, 6.45) is 3.42. The molecular formula is C18H18N4O2. The van der Waals surface area contributed by atoms with E-state index in [0.29, 0.717) is 5.82 Å². The number of amides is 1. The third-order valence-corrected chi connectivity index (χ3v) is 4.17. The highest BCUT2D eigenvalue weighted by atomic mass is 16.5. The molecule has 0 saturated carbocycles. The Morgan fingerprint density at radius 3 is 2.88 bits per heavy atom. The van der Waals surface area contributed by atoms with E-state index in [1.165, 1.54) is 0 Å². The maximum absolute atomic E-state index is 12.2. The predicted molar refractivity (Wildman–Crippen MR) is 90.4 cm³/mol. The number of aromatic nitrogens is 2. The SMILES string of the molecule is CC1Oc2ccc(/C=C(\C#N)C(=O)Nc3ccn(C)n3)cc2C1C. The van der Waals surface area contributed by atoms with Crippen LogP contribution in [-0.4, -0.2) is 21.8 Å². The van der Waals surface area contributed by atoms with Crippen molar-refractivity contribution in [3.8, 4) is 11.8 Å². The summed E-state index contributed by atoms with van der Waals surface area (Å²) in [6.45, 7) is 4.13. The van der Waals surface area contributed by atoms with Crippen molar-refractivity contribution >= 4 is 17.8 Å². The number of nitriles is 1. The molecular weight excluding hydrogens is 304 g/mol. The van der Waals surface area contributed by atoms with Gasteiger partial charge in [-0.05, 0) is 30.7 Å². The van der Waals surface area contributed by atoms with Crippen LogP contribution in [0.2, 0.25) is 0 Å². The van der Waals surface area contributed by atoms with Crippen LogP contribution in [-0.2, 0) is 11.8 Å². The maximum Gasteiger partial charge on any atom is 0.267 e. The second-order valence-corrected chi connectivity index (χ2v) is 5.91. The predicted octanol–water partition coefficient (Wildman–Crippen LogP) is 2.85. The van der Waals surface area contributed by atoms with E-state index < -0.39 is 5.91 Å². The molecule has 122 valence electrons. The van der Waals surface area contributed by atoms with Crippen LogP contribution in [0, 0.1) is 11.3 Å². The Morgan fingerprint density at radius 2 is 2.21 bits per heavy atom. The van der Waals surface area contributed by atoms with Crippen LogP contribution in [0.4, 0.5) is 5.82 Å². The number of carbonyl (C=O) groups excluding carboxylic acids is 1. The molecule has 1 aliphatic heterocycles. The lowest BCUT2D eigenvalue weighted by Crippen LogP contribution is -2.14. The van der Waals surface area contributed by atoms with Crippen LogP contribution < -0.4 is 10.1 Å². The molecule has 2 unspecified atom stereocenters. The average Bonchev–Trinajstić information content (AvgIpc) is 3.09. The minimum absolute atomic E-state index is 0.0280. The number of rotatable bonds is 3. The topological polar surface area (TPSA) is 79.9 Å². The van der Waals surface area contributed by atoms with Crippen LogP contribution in [0.5, 0.6) is 5.75 Å². The van der Waals surface area contributed by atoms with E-state index in [9.17, 15) is 10.1 Å². The summed E-state index contributed by atoms with van der Waals surface area (Å²) >= 11 is 0. The molecule has 6 nitrogen and oxygen atoms in total. The number of carbonyl (C=O) groups is 1. The summed E-state index contributed by atoms with van der Waals surface area (Å²) in [5.74, 6) is 1.08. The van der Waals surface area contributed by atoms with Gasteiger partial charge in [0.15, 0.2) is 5.82 Å². The van der Waals surface area contributed by atoms with Crippen molar-refractivity contribution < 1.29 is 9.53 Å². The number of ether oxygens (including phenoxy) is 1. The number of aryl methyl sites for hydroxylation is 1. The maximum atomic E-state index is 12.2. The Bertz CT molecular complexity index is 860. The van der Waals surface area contributed by atoms with E-state index in [0.717, 1.165) is 16.9 Å². The van der Waals surface area contributed by atoms with E-state index in [1.54, 1.807) is 30.1 Å². The van der Waals surface area contributed by atoms with E-state index in [-0.39, 0.29) is 17.6 Å². The average molecular weight is 322 g/mol. The number of anilines is 1. The molecule has 1 amide bonds. The van der Waals surface area contributed by atoms with Crippen molar-refractivity contribution in [2.75, 3.05) is 5.32 Å². The first kappa shape index (κ1) is 15.8. The lowest BCUT2D eigenvalue weighted by molar-refractivity contribution is -0.112. The highest BCUT2D eigenvalue weighted by molar-refractivity contribution is 6.09. The molecule has 0 saturated heterocycles. The fourth-order valence-electron chi connectivity index (χ4n) is 2.66. The molecule has 0 fully saturated rings. The van der Waals surface area contributed by atoms with Gasteiger partial charge in [-0.3, -0.25) is 9.48 Å². The van der Waals surface area contributed by atoms with Gasteiger partial charge in [0.1, 0.15) is 23.5 Å². The number of benzene rings is 1. The fraction of sp³-hybridized carbons (Fsp3) is 0.278. The van der Waals surface area contributed by atoms with Crippen LogP contribution in [0.1, 0.15) is 30.9 Å². The van der Waals surface area contributed by atoms with Gasteiger partial charge in [0, 0.05) is 30.8 Å². The van der Waals surface area contributed by atoms with Crippen molar-refractivity contribution in [2.45, 2.75) is 25.9 Å². The van der Waals surface area contributed by atoms with E-state index in [1.807, 2.05) is 31.2 Å². The monoisotopic (exact) mass is 322 g/mol. The number of hydrogen-bond donors (Lipinski definition) is 1. The zero-order valence-electron chi connectivity index (χ0n) is 13.8. The molecule has 1 N–H and O–H groups in total. The van der Waals surface area contributed by atoms with Crippen molar-refractivity contribution in [2.24, 2.45) is 7.05 Å². The Morgan fingerprint density at radius 1 is 1.42 bits per heavy atom. The van der Waals surface area contributed by atoms with E-state index >= 15 is 0 Å². The van der Waals surface area contributed by atoms with Gasteiger partial charge in [-0.1, -0.05) is 13.0 Å². The van der Waals surface area contributed by atoms with E-state index in [2.05, 4.69) is 17.3 Å². The summed E-state index contributed by atoms with van der Waals surface area (Å²) in [5, 5.41) is 16.0. The number of nitrogens with zero attached hydrogens (tertiary/aromatic N) is 3. The molecule has 0 aliphatic carbocycles. The van der Waals surface area contributed by atoms with Crippen molar-refractivity contribution in [1.82, 2.24) is 9.78 Å².